The van der Waals surface area contributed by atoms with Gasteiger partial charge in [-0.3, -0.25) is 13.9 Å². The summed E-state index contributed by atoms with van der Waals surface area (Å²) in [5, 5.41) is 3.07. The van der Waals surface area contributed by atoms with Crippen LogP contribution in [0.1, 0.15) is 68.4 Å². The molecule has 0 heterocycles. The van der Waals surface area contributed by atoms with Crippen molar-refractivity contribution in [2.75, 3.05) is 10.8 Å². The number of hydrogen-bond donors (Lipinski definition) is 1. The normalized spacial score (nSPS) is 12.4. The van der Waals surface area contributed by atoms with Gasteiger partial charge in [-0.2, -0.15) is 0 Å². The van der Waals surface area contributed by atoms with Gasteiger partial charge in [-0.05, 0) is 81.5 Å². The van der Waals surface area contributed by atoms with Crippen LogP contribution in [0, 0.1) is 13.8 Å². The third-order valence-electron chi connectivity index (χ3n) is 7.98. The summed E-state index contributed by atoms with van der Waals surface area (Å²) in [6, 6.07) is 30.3. The van der Waals surface area contributed by atoms with Gasteiger partial charge in [0.1, 0.15) is 12.6 Å². The third-order valence-corrected chi connectivity index (χ3v) is 9.77. The Balaban J connectivity index is 1.82. The van der Waals surface area contributed by atoms with E-state index < -0.39 is 34.1 Å². The van der Waals surface area contributed by atoms with Crippen LogP contribution < -0.4 is 9.62 Å². The molecule has 0 saturated heterocycles. The highest BCUT2D eigenvalue weighted by Crippen LogP contribution is 2.27. The smallest absolute Gasteiger partial charge is 0.264 e. The molecule has 0 spiro atoms. The Labute approximate surface area is 280 Å². The summed E-state index contributed by atoms with van der Waals surface area (Å²) in [6.07, 6.45) is 0.258. The summed E-state index contributed by atoms with van der Waals surface area (Å²) >= 11 is 0. The second kappa shape index (κ2) is 15.0. The van der Waals surface area contributed by atoms with Gasteiger partial charge in [0.15, 0.2) is 0 Å². The van der Waals surface area contributed by atoms with Gasteiger partial charge in [0, 0.05) is 18.5 Å². The maximum absolute atomic E-state index is 14.6. The van der Waals surface area contributed by atoms with E-state index >= 15 is 0 Å². The van der Waals surface area contributed by atoms with Crippen molar-refractivity contribution in [3.63, 3.8) is 0 Å². The van der Waals surface area contributed by atoms with Gasteiger partial charge >= 0.3 is 0 Å². The molecule has 1 unspecified atom stereocenters. The highest BCUT2D eigenvalue weighted by atomic mass is 32.2. The molecule has 0 bridgehead atoms. The third kappa shape index (κ3) is 9.55. The van der Waals surface area contributed by atoms with Crippen molar-refractivity contribution in [2.24, 2.45) is 0 Å². The molecule has 2 amide bonds. The fourth-order valence-electron chi connectivity index (χ4n) is 5.29. The number of rotatable bonds is 12. The van der Waals surface area contributed by atoms with Crippen LogP contribution >= 0.6 is 0 Å². The van der Waals surface area contributed by atoms with E-state index in [2.05, 4.69) is 19.2 Å². The standard InChI is InChI=1S/C39H47N3O4S/c1-28(2)33-19-21-34(22-20-33)42(47(45,46)35-23-15-30(4)16-24-35)27-37(43)41(26-32-17-13-29(3)14-18-32)36(38(44)40-39(5,6)7)25-31-11-9-8-10-12-31/h8-24,28,36H,25-27H2,1-7H3,(H,40,44). The molecule has 1 N–H and O–H groups in total. The lowest BCUT2D eigenvalue weighted by Crippen LogP contribution is -2.56. The van der Waals surface area contributed by atoms with Gasteiger partial charge in [-0.1, -0.05) is 104 Å². The topological polar surface area (TPSA) is 86.8 Å². The fourth-order valence-corrected chi connectivity index (χ4v) is 6.70. The van der Waals surface area contributed by atoms with Gasteiger partial charge < -0.3 is 10.2 Å². The molecule has 248 valence electrons. The molecular weight excluding hydrogens is 607 g/mol. The van der Waals surface area contributed by atoms with E-state index in [1.54, 1.807) is 36.4 Å². The second-order valence-corrected chi connectivity index (χ2v) is 15.4. The molecule has 47 heavy (non-hydrogen) atoms. The summed E-state index contributed by atoms with van der Waals surface area (Å²) in [6.45, 7) is 13.3. The minimum atomic E-state index is -4.16. The molecule has 0 aromatic heterocycles. The predicted molar refractivity (Wildman–Crippen MR) is 190 cm³/mol. The molecule has 0 saturated carbocycles. The van der Waals surface area contributed by atoms with Crippen molar-refractivity contribution in [3.8, 4) is 0 Å². The molecule has 7 nitrogen and oxygen atoms in total. The van der Waals surface area contributed by atoms with Gasteiger partial charge in [0.2, 0.25) is 11.8 Å². The molecular formula is C39H47N3O4S. The average molecular weight is 654 g/mol. The zero-order valence-corrected chi connectivity index (χ0v) is 29.3. The zero-order valence-electron chi connectivity index (χ0n) is 28.5. The number of nitrogens with one attached hydrogen (secondary N) is 1. The summed E-state index contributed by atoms with van der Waals surface area (Å²) in [5.41, 5.74) is 4.58. The van der Waals surface area contributed by atoms with Crippen molar-refractivity contribution in [3.05, 3.63) is 131 Å². The first kappa shape index (κ1) is 35.4. The van der Waals surface area contributed by atoms with E-state index in [0.717, 1.165) is 32.1 Å². The first-order chi connectivity index (χ1) is 22.1. The van der Waals surface area contributed by atoms with Crippen molar-refractivity contribution in [1.29, 1.82) is 0 Å². The summed E-state index contributed by atoms with van der Waals surface area (Å²) in [4.78, 5) is 30.3. The van der Waals surface area contributed by atoms with Crippen LogP contribution in [-0.2, 0) is 32.6 Å². The second-order valence-electron chi connectivity index (χ2n) is 13.5. The number of nitrogens with zero attached hydrogens (tertiary/aromatic N) is 2. The Bertz CT molecular complexity index is 1740. The van der Waals surface area contributed by atoms with E-state index in [4.69, 9.17) is 0 Å². The van der Waals surface area contributed by atoms with Gasteiger partial charge in [-0.15, -0.1) is 0 Å². The summed E-state index contributed by atoms with van der Waals surface area (Å²) in [7, 11) is -4.16. The highest BCUT2D eigenvalue weighted by Gasteiger charge is 2.35. The molecule has 0 fully saturated rings. The number of anilines is 1. The lowest BCUT2D eigenvalue weighted by molar-refractivity contribution is -0.140. The minimum absolute atomic E-state index is 0.0835. The molecule has 0 aliphatic rings. The van der Waals surface area contributed by atoms with Crippen LogP contribution in [0.2, 0.25) is 0 Å². The average Bonchev–Trinajstić information content (AvgIpc) is 3.02. The van der Waals surface area contributed by atoms with Crippen molar-refractivity contribution < 1.29 is 18.0 Å². The van der Waals surface area contributed by atoms with E-state index in [1.165, 1.54) is 4.90 Å². The SMILES string of the molecule is Cc1ccc(CN(C(=O)CN(c2ccc(C(C)C)cc2)S(=O)(=O)c2ccc(C)cc2)C(Cc2ccccc2)C(=O)NC(C)(C)C)cc1. The number of aryl methyl sites for hydroxylation is 2. The largest absolute Gasteiger partial charge is 0.350 e. The Morgan fingerprint density at radius 2 is 1.30 bits per heavy atom. The Morgan fingerprint density at radius 3 is 1.83 bits per heavy atom. The fraction of sp³-hybridized carbons (Fsp3) is 0.333. The van der Waals surface area contributed by atoms with Crippen LogP contribution in [-0.4, -0.2) is 43.3 Å². The number of hydrogen-bond acceptors (Lipinski definition) is 4. The van der Waals surface area contributed by atoms with Crippen LogP contribution in [0.4, 0.5) is 5.69 Å². The first-order valence-electron chi connectivity index (χ1n) is 16.0. The molecule has 4 aromatic carbocycles. The van der Waals surface area contributed by atoms with Gasteiger partial charge in [-0.25, -0.2) is 8.42 Å². The van der Waals surface area contributed by atoms with E-state index in [0.29, 0.717) is 5.69 Å². The Kier molecular flexibility index (Phi) is 11.3. The van der Waals surface area contributed by atoms with Crippen molar-refractivity contribution in [2.45, 2.75) is 83.8 Å². The Morgan fingerprint density at radius 1 is 0.745 bits per heavy atom. The number of benzene rings is 4. The molecule has 4 aromatic rings. The molecule has 8 heteroatoms. The van der Waals surface area contributed by atoms with Crippen molar-refractivity contribution >= 4 is 27.5 Å². The molecule has 0 aliphatic heterocycles. The molecule has 0 aliphatic carbocycles. The van der Waals surface area contributed by atoms with Crippen molar-refractivity contribution in [1.82, 2.24) is 10.2 Å². The quantitative estimate of drug-likeness (QED) is 0.176. The number of sulfonamides is 1. The maximum atomic E-state index is 14.6. The summed E-state index contributed by atoms with van der Waals surface area (Å²) in [5.74, 6) is -0.548. The Hall–Kier alpha value is -4.43. The van der Waals surface area contributed by atoms with Crippen LogP contribution in [0.15, 0.2) is 108 Å². The first-order valence-corrected chi connectivity index (χ1v) is 17.5. The van der Waals surface area contributed by atoms with E-state index in [1.807, 2.05) is 101 Å². The summed E-state index contributed by atoms with van der Waals surface area (Å²) < 4.78 is 29.7. The van der Waals surface area contributed by atoms with E-state index in [-0.39, 0.29) is 29.7 Å². The number of carbonyl (C=O) groups is 2. The predicted octanol–water partition coefficient (Wildman–Crippen LogP) is 7.18. The monoisotopic (exact) mass is 653 g/mol. The number of carbonyl (C=O) groups excluding carboxylic acids is 2. The van der Waals surface area contributed by atoms with E-state index in [9.17, 15) is 18.0 Å². The number of amides is 2. The van der Waals surface area contributed by atoms with Crippen LogP contribution in [0.3, 0.4) is 0 Å². The van der Waals surface area contributed by atoms with Crippen LogP contribution in [0.25, 0.3) is 0 Å². The molecule has 4 rings (SSSR count). The van der Waals surface area contributed by atoms with Crippen LogP contribution in [0.5, 0.6) is 0 Å². The van der Waals surface area contributed by atoms with Gasteiger partial charge in [0.05, 0.1) is 10.6 Å². The molecule has 1 atom stereocenters. The lowest BCUT2D eigenvalue weighted by atomic mass is 10.0. The maximum Gasteiger partial charge on any atom is 0.264 e. The molecule has 0 radical (unpaired) electrons. The lowest BCUT2D eigenvalue weighted by Gasteiger charge is -2.35. The highest BCUT2D eigenvalue weighted by molar-refractivity contribution is 7.92. The van der Waals surface area contributed by atoms with Gasteiger partial charge in [0.25, 0.3) is 10.0 Å². The minimum Gasteiger partial charge on any atom is -0.350 e. The zero-order chi connectivity index (χ0) is 34.4.